The number of esters is 1. The van der Waals surface area contributed by atoms with Crippen LogP contribution in [-0.4, -0.2) is 68.9 Å². The number of hydrogen-bond acceptors (Lipinski definition) is 7. The van der Waals surface area contributed by atoms with Crippen molar-refractivity contribution >= 4 is 17.9 Å². The molecule has 0 aromatic rings. The third-order valence-corrected chi connectivity index (χ3v) is 3.23. The highest BCUT2D eigenvalue weighted by Crippen LogP contribution is 2.51. The van der Waals surface area contributed by atoms with E-state index in [-0.39, 0.29) is 0 Å². The summed E-state index contributed by atoms with van der Waals surface area (Å²) in [5.41, 5.74) is -2.45. The van der Waals surface area contributed by atoms with Gasteiger partial charge in [-0.2, -0.15) is 0 Å². The average Bonchev–Trinajstić information content (AvgIpc) is 3.12. The average molecular weight is 342 g/mol. The van der Waals surface area contributed by atoms with Gasteiger partial charge in [0.2, 0.25) is 0 Å². The fourth-order valence-electron chi connectivity index (χ4n) is 1.84. The number of carbonyl (C=O) groups is 3. The second kappa shape index (κ2) is 7.86. The predicted octanol–water partition coefficient (Wildman–Crippen LogP) is -0.752. The maximum atomic E-state index is 11.5. The van der Waals surface area contributed by atoms with E-state index >= 15 is 0 Å². The molecule has 1 fully saturated rings. The van der Waals surface area contributed by atoms with Crippen molar-refractivity contribution in [3.05, 3.63) is 36.5 Å². The first-order valence-corrected chi connectivity index (χ1v) is 6.83. The number of carbonyl (C=O) groups excluding carboxylic acids is 1. The number of hydrogen-bond donors (Lipinski definition) is 4. The third kappa shape index (κ3) is 5.30. The fourth-order valence-corrected chi connectivity index (χ4v) is 1.84. The number of epoxide rings is 1. The molecule has 9 nitrogen and oxygen atoms in total. The van der Waals surface area contributed by atoms with Gasteiger partial charge in [0.05, 0.1) is 6.61 Å². The van der Waals surface area contributed by atoms with Crippen LogP contribution in [0, 0.1) is 0 Å². The minimum absolute atomic E-state index is 0.408. The number of aliphatic hydroxyl groups is 2. The van der Waals surface area contributed by atoms with Crippen molar-refractivity contribution in [1.82, 2.24) is 0 Å². The molecule has 0 spiro atoms. The lowest BCUT2D eigenvalue weighted by Gasteiger charge is -2.07. The minimum atomic E-state index is -1.31. The number of carboxylic acid groups (broad SMARTS) is 2. The summed E-state index contributed by atoms with van der Waals surface area (Å²) < 4.78 is 10.1. The molecule has 24 heavy (non-hydrogen) atoms. The molecule has 1 saturated heterocycles. The van der Waals surface area contributed by atoms with E-state index in [0.29, 0.717) is 0 Å². The summed E-state index contributed by atoms with van der Waals surface area (Å²) >= 11 is 0. The zero-order valence-electron chi connectivity index (χ0n) is 12.8. The summed E-state index contributed by atoms with van der Waals surface area (Å²) in [7, 11) is 0. The molecule has 0 aliphatic carbocycles. The first-order valence-electron chi connectivity index (χ1n) is 6.83. The molecule has 0 bridgehead atoms. The fraction of sp³-hybridized carbons (Fsp3) is 0.400. The predicted molar refractivity (Wildman–Crippen MR) is 79.0 cm³/mol. The Hall–Kier alpha value is -2.49. The molecule has 1 aliphatic heterocycles. The Labute approximate surface area is 137 Å². The van der Waals surface area contributed by atoms with E-state index < -0.39 is 48.4 Å². The lowest BCUT2D eigenvalue weighted by Crippen LogP contribution is -2.22. The van der Waals surface area contributed by atoms with Crippen LogP contribution in [0.5, 0.6) is 0 Å². The largest absolute Gasteiger partial charge is 0.478 e. The normalized spacial score (nSPS) is 27.6. The Morgan fingerprint density at radius 2 is 1.62 bits per heavy atom. The molecular weight excluding hydrogens is 324 g/mol. The van der Waals surface area contributed by atoms with Gasteiger partial charge in [0, 0.05) is 18.2 Å². The van der Waals surface area contributed by atoms with Gasteiger partial charge in [-0.3, -0.25) is 0 Å². The number of aliphatic carboxylic acids is 2. The monoisotopic (exact) mass is 342 g/mol. The van der Waals surface area contributed by atoms with Gasteiger partial charge in [0.1, 0.15) is 23.9 Å². The van der Waals surface area contributed by atoms with Gasteiger partial charge in [0.25, 0.3) is 0 Å². The summed E-state index contributed by atoms with van der Waals surface area (Å²) in [5.74, 6) is -3.29. The van der Waals surface area contributed by atoms with Crippen molar-refractivity contribution in [2.45, 2.75) is 24.2 Å². The lowest BCUT2D eigenvalue weighted by atomic mass is 9.92. The van der Waals surface area contributed by atoms with Crippen LogP contribution in [0.1, 0.15) is 6.92 Å². The van der Waals surface area contributed by atoms with Crippen LogP contribution in [-0.2, 0) is 23.9 Å². The van der Waals surface area contributed by atoms with Crippen LogP contribution in [0.15, 0.2) is 36.5 Å². The zero-order chi connectivity index (χ0) is 18.4. The third-order valence-electron chi connectivity index (χ3n) is 3.23. The minimum Gasteiger partial charge on any atom is -0.478 e. The summed E-state index contributed by atoms with van der Waals surface area (Å²) in [6, 6.07) is 0. The standard InChI is InChI=1S/C15H18O9/c1-14(5-2-11(18)19)15(24-14,6-3-12(20)21)7-4-13(22)23-9-10(17)8-16/h2-7,10,16-17H,8-9H2,1H3,(H,18,19)(H,20,21). The quantitative estimate of drug-likeness (QED) is 0.241. The van der Waals surface area contributed by atoms with Gasteiger partial charge in [-0.15, -0.1) is 0 Å². The topological polar surface area (TPSA) is 154 Å². The van der Waals surface area contributed by atoms with Crippen LogP contribution >= 0.6 is 0 Å². The Bertz CT molecular complexity index is 592. The van der Waals surface area contributed by atoms with Crippen molar-refractivity contribution in [3.63, 3.8) is 0 Å². The van der Waals surface area contributed by atoms with Gasteiger partial charge >= 0.3 is 17.9 Å². The van der Waals surface area contributed by atoms with Crippen molar-refractivity contribution in [2.75, 3.05) is 13.2 Å². The van der Waals surface area contributed by atoms with E-state index in [2.05, 4.69) is 4.74 Å². The van der Waals surface area contributed by atoms with Crippen molar-refractivity contribution in [2.24, 2.45) is 0 Å². The highest BCUT2D eigenvalue weighted by molar-refractivity contribution is 5.84. The smallest absolute Gasteiger partial charge is 0.330 e. The molecule has 9 heteroatoms. The molecule has 3 unspecified atom stereocenters. The number of ether oxygens (including phenoxy) is 2. The highest BCUT2D eigenvalue weighted by Gasteiger charge is 2.62. The molecule has 132 valence electrons. The van der Waals surface area contributed by atoms with Crippen molar-refractivity contribution in [1.29, 1.82) is 0 Å². The molecule has 0 saturated carbocycles. The molecule has 0 radical (unpaired) electrons. The lowest BCUT2D eigenvalue weighted by molar-refractivity contribution is -0.141. The van der Waals surface area contributed by atoms with Gasteiger partial charge in [-0.1, -0.05) is 0 Å². The molecule has 1 aliphatic rings. The van der Waals surface area contributed by atoms with Crippen LogP contribution in [0.3, 0.4) is 0 Å². The number of aliphatic hydroxyl groups excluding tert-OH is 2. The van der Waals surface area contributed by atoms with Gasteiger partial charge in [-0.05, 0) is 25.2 Å². The second-order valence-electron chi connectivity index (χ2n) is 5.15. The molecular formula is C15H18O9. The maximum absolute atomic E-state index is 11.5. The molecule has 4 N–H and O–H groups in total. The second-order valence-corrected chi connectivity index (χ2v) is 5.15. The molecule has 0 amide bonds. The van der Waals surface area contributed by atoms with Gasteiger partial charge in [0.15, 0.2) is 0 Å². The van der Waals surface area contributed by atoms with Crippen LogP contribution in [0.4, 0.5) is 0 Å². The van der Waals surface area contributed by atoms with Crippen LogP contribution < -0.4 is 0 Å². The van der Waals surface area contributed by atoms with Crippen molar-refractivity contribution in [3.8, 4) is 0 Å². The zero-order valence-corrected chi connectivity index (χ0v) is 12.8. The summed E-state index contributed by atoms with van der Waals surface area (Å²) in [4.78, 5) is 32.8. The first kappa shape index (κ1) is 19.6. The summed E-state index contributed by atoms with van der Waals surface area (Å²) in [6.45, 7) is 0.544. The molecule has 3 atom stereocenters. The summed E-state index contributed by atoms with van der Waals surface area (Å²) in [6.07, 6.45) is 5.05. The van der Waals surface area contributed by atoms with E-state index in [4.69, 9.17) is 25.2 Å². The Morgan fingerprint density at radius 3 is 2.17 bits per heavy atom. The van der Waals surface area contributed by atoms with E-state index in [0.717, 1.165) is 18.2 Å². The number of carboxylic acids is 2. The maximum Gasteiger partial charge on any atom is 0.330 e. The van der Waals surface area contributed by atoms with E-state index in [1.54, 1.807) is 0 Å². The highest BCUT2D eigenvalue weighted by atomic mass is 16.6. The Kier molecular flexibility index (Phi) is 6.41. The van der Waals surface area contributed by atoms with E-state index in [1.807, 2.05) is 0 Å². The Morgan fingerprint density at radius 1 is 1.08 bits per heavy atom. The first-order chi connectivity index (χ1) is 11.1. The molecule has 0 aromatic carbocycles. The van der Waals surface area contributed by atoms with E-state index in [1.165, 1.54) is 25.2 Å². The SMILES string of the molecule is CC1(C=CC(=O)O)OC1(C=CC(=O)O)C=CC(=O)OCC(O)CO. The Balaban J connectivity index is 2.86. The summed E-state index contributed by atoms with van der Waals surface area (Å²) in [5, 5.41) is 35.1. The number of rotatable bonds is 9. The van der Waals surface area contributed by atoms with Crippen LogP contribution in [0.2, 0.25) is 0 Å². The van der Waals surface area contributed by atoms with Gasteiger partial charge in [-0.25, -0.2) is 14.4 Å². The molecule has 1 heterocycles. The molecule has 0 aromatic heterocycles. The van der Waals surface area contributed by atoms with Crippen LogP contribution in [0.25, 0.3) is 0 Å². The van der Waals surface area contributed by atoms with E-state index in [9.17, 15) is 14.4 Å². The van der Waals surface area contributed by atoms with Crippen molar-refractivity contribution < 1.29 is 44.3 Å². The van der Waals surface area contributed by atoms with Gasteiger partial charge < -0.3 is 29.9 Å². The molecule has 1 rings (SSSR count).